The van der Waals surface area contributed by atoms with E-state index in [-0.39, 0.29) is 11.3 Å². The van der Waals surface area contributed by atoms with Crippen LogP contribution in [0.1, 0.15) is 44.6 Å². The van der Waals surface area contributed by atoms with Crippen molar-refractivity contribution in [2.75, 3.05) is 7.11 Å². The van der Waals surface area contributed by atoms with Gasteiger partial charge in [-0.1, -0.05) is 6.07 Å². The standard InChI is InChI=1S/C18H18FNO4S/c1-24-13-7-6-11(8-12(13)19)16(18(22)23)20-17(21)15-9-10-4-2-3-5-14(10)25-15/h6-9,16H,2-5H2,1H3,(H,20,21)(H,22,23). The monoisotopic (exact) mass is 363 g/mol. The third-order valence-electron chi connectivity index (χ3n) is 4.25. The Morgan fingerprint density at radius 2 is 2.04 bits per heavy atom. The van der Waals surface area contributed by atoms with E-state index in [0.29, 0.717) is 4.88 Å². The van der Waals surface area contributed by atoms with Crippen LogP contribution in [0.3, 0.4) is 0 Å². The minimum absolute atomic E-state index is 0.0187. The van der Waals surface area contributed by atoms with Crippen LogP contribution in [0.25, 0.3) is 0 Å². The quantitative estimate of drug-likeness (QED) is 0.854. The Morgan fingerprint density at radius 1 is 1.28 bits per heavy atom. The summed E-state index contributed by atoms with van der Waals surface area (Å²) in [5.74, 6) is -2.36. The predicted octanol–water partition coefficient (Wildman–Crippen LogP) is 3.33. The fraction of sp³-hybridized carbons (Fsp3) is 0.333. The zero-order valence-corrected chi connectivity index (χ0v) is 14.5. The van der Waals surface area contributed by atoms with Crippen LogP contribution in [-0.4, -0.2) is 24.1 Å². The van der Waals surface area contributed by atoms with Gasteiger partial charge in [-0.25, -0.2) is 9.18 Å². The van der Waals surface area contributed by atoms with Crippen molar-refractivity contribution < 1.29 is 23.8 Å². The van der Waals surface area contributed by atoms with Gasteiger partial charge in [0.1, 0.15) is 0 Å². The number of aryl methyl sites for hydroxylation is 2. The van der Waals surface area contributed by atoms with Crippen LogP contribution in [0.5, 0.6) is 5.75 Å². The average molecular weight is 363 g/mol. The van der Waals surface area contributed by atoms with Crippen LogP contribution in [0.15, 0.2) is 24.3 Å². The number of fused-ring (bicyclic) bond motifs is 1. The van der Waals surface area contributed by atoms with Gasteiger partial charge < -0.3 is 15.2 Å². The van der Waals surface area contributed by atoms with E-state index < -0.39 is 23.7 Å². The number of rotatable bonds is 5. The van der Waals surface area contributed by atoms with Gasteiger partial charge in [0, 0.05) is 4.88 Å². The van der Waals surface area contributed by atoms with Crippen LogP contribution < -0.4 is 10.1 Å². The van der Waals surface area contributed by atoms with E-state index in [2.05, 4.69) is 5.32 Å². The molecule has 0 saturated carbocycles. The summed E-state index contributed by atoms with van der Waals surface area (Å²) in [6.45, 7) is 0. The number of carbonyl (C=O) groups is 2. The Kier molecular flexibility index (Phi) is 5.03. The summed E-state index contributed by atoms with van der Waals surface area (Å²) >= 11 is 1.40. The maximum atomic E-state index is 13.9. The summed E-state index contributed by atoms with van der Waals surface area (Å²) in [5.41, 5.74) is 1.32. The highest BCUT2D eigenvalue weighted by atomic mass is 32.1. The number of hydrogen-bond acceptors (Lipinski definition) is 4. The number of thiophene rings is 1. The molecule has 0 saturated heterocycles. The van der Waals surface area contributed by atoms with E-state index >= 15 is 0 Å². The molecule has 1 heterocycles. The van der Waals surface area contributed by atoms with E-state index in [1.165, 1.54) is 41.0 Å². The highest BCUT2D eigenvalue weighted by molar-refractivity contribution is 7.14. The molecule has 1 aliphatic rings. The number of ether oxygens (including phenoxy) is 1. The molecule has 0 radical (unpaired) electrons. The van der Waals surface area contributed by atoms with Gasteiger partial charge in [0.05, 0.1) is 12.0 Å². The van der Waals surface area contributed by atoms with Gasteiger partial charge in [0.25, 0.3) is 5.91 Å². The number of aliphatic carboxylic acids is 1. The van der Waals surface area contributed by atoms with Crippen molar-refractivity contribution in [3.8, 4) is 5.75 Å². The number of carboxylic acids is 1. The molecule has 132 valence electrons. The van der Waals surface area contributed by atoms with Gasteiger partial charge in [-0.15, -0.1) is 11.3 Å². The van der Waals surface area contributed by atoms with Crippen molar-refractivity contribution >= 4 is 23.2 Å². The topological polar surface area (TPSA) is 75.6 Å². The van der Waals surface area contributed by atoms with Gasteiger partial charge in [-0.2, -0.15) is 0 Å². The van der Waals surface area contributed by atoms with Crippen LogP contribution in [0.4, 0.5) is 4.39 Å². The van der Waals surface area contributed by atoms with E-state index in [1.54, 1.807) is 0 Å². The maximum absolute atomic E-state index is 13.9. The minimum Gasteiger partial charge on any atom is -0.494 e. The number of carboxylic acid groups (broad SMARTS) is 1. The summed E-state index contributed by atoms with van der Waals surface area (Å²) in [6.07, 6.45) is 4.12. The molecule has 0 fully saturated rings. The lowest BCUT2D eigenvalue weighted by atomic mass is 9.99. The number of nitrogens with one attached hydrogen (secondary N) is 1. The second-order valence-electron chi connectivity index (χ2n) is 5.90. The number of amides is 1. The Balaban J connectivity index is 1.82. The smallest absolute Gasteiger partial charge is 0.330 e. The lowest BCUT2D eigenvalue weighted by molar-refractivity contribution is -0.139. The Labute approximate surface area is 148 Å². The Bertz CT molecular complexity index is 794. The van der Waals surface area contributed by atoms with Gasteiger partial charge in [-0.05, 0) is 55.0 Å². The first-order chi connectivity index (χ1) is 12.0. The number of halogens is 1. The molecule has 2 aromatic rings. The molecule has 25 heavy (non-hydrogen) atoms. The van der Waals surface area contributed by atoms with Crippen molar-refractivity contribution in [1.29, 1.82) is 0 Å². The number of benzene rings is 1. The zero-order valence-electron chi connectivity index (χ0n) is 13.7. The molecule has 0 aliphatic heterocycles. The molecule has 1 aliphatic carbocycles. The molecule has 1 unspecified atom stereocenters. The highest BCUT2D eigenvalue weighted by Gasteiger charge is 2.25. The van der Waals surface area contributed by atoms with E-state index in [1.807, 2.05) is 6.07 Å². The zero-order chi connectivity index (χ0) is 18.0. The van der Waals surface area contributed by atoms with Crippen LogP contribution >= 0.6 is 11.3 Å². The third kappa shape index (κ3) is 3.66. The summed E-state index contributed by atoms with van der Waals surface area (Å²) in [4.78, 5) is 25.7. The van der Waals surface area contributed by atoms with E-state index in [9.17, 15) is 19.1 Å². The highest BCUT2D eigenvalue weighted by Crippen LogP contribution is 2.30. The fourth-order valence-corrected chi connectivity index (χ4v) is 4.11. The lowest BCUT2D eigenvalue weighted by Gasteiger charge is -2.15. The molecule has 5 nitrogen and oxygen atoms in total. The molecule has 1 amide bonds. The molecule has 7 heteroatoms. The fourth-order valence-electron chi connectivity index (χ4n) is 2.95. The molecule has 3 rings (SSSR count). The molecule has 2 N–H and O–H groups in total. The summed E-state index contributed by atoms with van der Waals surface area (Å²) in [6, 6.07) is 4.35. The van der Waals surface area contributed by atoms with Crippen LogP contribution in [0, 0.1) is 5.82 Å². The van der Waals surface area contributed by atoms with Crippen molar-refractivity contribution in [3.05, 3.63) is 51.0 Å². The van der Waals surface area contributed by atoms with Gasteiger partial charge in [0.15, 0.2) is 17.6 Å². The maximum Gasteiger partial charge on any atom is 0.330 e. The lowest BCUT2D eigenvalue weighted by Crippen LogP contribution is -2.33. The van der Waals surface area contributed by atoms with E-state index in [0.717, 1.165) is 31.7 Å². The molecule has 1 atom stereocenters. The summed E-state index contributed by atoms with van der Waals surface area (Å²) in [5, 5.41) is 11.9. The first-order valence-electron chi connectivity index (χ1n) is 7.98. The molecule has 0 spiro atoms. The normalized spacial score (nSPS) is 14.5. The van der Waals surface area contributed by atoms with Crippen molar-refractivity contribution in [2.45, 2.75) is 31.7 Å². The van der Waals surface area contributed by atoms with Crippen molar-refractivity contribution in [2.24, 2.45) is 0 Å². The first-order valence-corrected chi connectivity index (χ1v) is 8.80. The summed E-state index contributed by atoms with van der Waals surface area (Å²) in [7, 11) is 1.33. The van der Waals surface area contributed by atoms with Gasteiger partial charge in [0.2, 0.25) is 0 Å². The van der Waals surface area contributed by atoms with Gasteiger partial charge >= 0.3 is 5.97 Å². The molecular formula is C18H18FNO4S. The molecule has 1 aromatic carbocycles. The van der Waals surface area contributed by atoms with Crippen molar-refractivity contribution in [3.63, 3.8) is 0 Å². The minimum atomic E-state index is -1.33. The third-order valence-corrected chi connectivity index (χ3v) is 5.49. The molecule has 1 aromatic heterocycles. The number of carbonyl (C=O) groups excluding carboxylic acids is 1. The summed E-state index contributed by atoms with van der Waals surface area (Å²) < 4.78 is 18.7. The predicted molar refractivity (Wildman–Crippen MR) is 91.8 cm³/mol. The molecular weight excluding hydrogens is 345 g/mol. The van der Waals surface area contributed by atoms with Crippen LogP contribution in [-0.2, 0) is 17.6 Å². The molecule has 0 bridgehead atoms. The Morgan fingerprint density at radius 3 is 2.68 bits per heavy atom. The Hall–Kier alpha value is -2.41. The average Bonchev–Trinajstić information content (AvgIpc) is 3.03. The second kappa shape index (κ2) is 7.23. The number of methoxy groups -OCH3 is 1. The van der Waals surface area contributed by atoms with Gasteiger partial charge in [-0.3, -0.25) is 4.79 Å². The van der Waals surface area contributed by atoms with E-state index in [4.69, 9.17) is 4.74 Å². The first kappa shape index (κ1) is 17.4. The van der Waals surface area contributed by atoms with Crippen molar-refractivity contribution in [1.82, 2.24) is 5.32 Å². The largest absolute Gasteiger partial charge is 0.494 e. The number of hydrogen-bond donors (Lipinski definition) is 2. The SMILES string of the molecule is COc1ccc(C(NC(=O)c2cc3c(s2)CCCC3)C(=O)O)cc1F. The van der Waals surface area contributed by atoms with Crippen LogP contribution in [0.2, 0.25) is 0 Å². The second-order valence-corrected chi connectivity index (χ2v) is 7.04.